The number of hydrogen-bond donors (Lipinski definition) is 1. The number of rotatable bonds is 13. The van der Waals surface area contributed by atoms with Gasteiger partial charge < -0.3 is 11.3 Å². The first-order valence-corrected chi connectivity index (χ1v) is 7.74. The molecule has 0 aliphatic rings. The summed E-state index contributed by atoms with van der Waals surface area (Å²) in [4.78, 5) is 21.2. The molecular weight excluding hydrogens is 279 g/mol. The van der Waals surface area contributed by atoms with Gasteiger partial charge in [-0.2, -0.15) is 0 Å². The van der Waals surface area contributed by atoms with E-state index >= 15 is 0 Å². The molecule has 0 atom stereocenters. The van der Waals surface area contributed by atoms with Crippen LogP contribution in [0.3, 0.4) is 0 Å². The molecule has 0 aromatic rings. The Morgan fingerprint density at radius 1 is 0.905 bits per heavy atom. The summed E-state index contributed by atoms with van der Waals surface area (Å²) in [5.41, 5.74) is 0. The van der Waals surface area contributed by atoms with Gasteiger partial charge in [0.1, 0.15) is 0 Å². The van der Waals surface area contributed by atoms with Crippen molar-refractivity contribution in [3.8, 4) is 0 Å². The van der Waals surface area contributed by atoms with E-state index in [9.17, 15) is 9.59 Å². The van der Waals surface area contributed by atoms with Crippen molar-refractivity contribution in [2.75, 3.05) is 6.61 Å². The zero-order valence-corrected chi connectivity index (χ0v) is 15.6. The van der Waals surface area contributed by atoms with Gasteiger partial charge in [0.2, 0.25) is 0 Å². The third-order valence-corrected chi connectivity index (χ3v) is 3.10. The number of esters is 1. The van der Waals surface area contributed by atoms with Gasteiger partial charge >= 0.3 is 41.5 Å². The number of carboxylic acids is 1. The second kappa shape index (κ2) is 17.7. The number of carbonyl (C=O) groups is 2. The van der Waals surface area contributed by atoms with E-state index in [1.165, 1.54) is 51.4 Å². The molecule has 0 rings (SSSR count). The zero-order valence-electron chi connectivity index (χ0n) is 14.6. The first-order valence-electron chi connectivity index (χ1n) is 7.74. The molecule has 1 N–H and O–H groups in total. The molecule has 0 heterocycles. The smallest absolute Gasteiger partial charge is 1.00 e. The van der Waals surface area contributed by atoms with Gasteiger partial charge in [-0.15, -0.1) is 0 Å². The quantitative estimate of drug-likeness (QED) is 0.240. The van der Waals surface area contributed by atoms with Crippen molar-refractivity contribution in [1.82, 2.24) is 0 Å². The van der Waals surface area contributed by atoms with Gasteiger partial charge in [0.05, 0.1) is 6.61 Å². The summed E-state index contributed by atoms with van der Waals surface area (Å²) in [7, 11) is 0. The Hall–Kier alpha value is -0.320. The van der Waals surface area contributed by atoms with Crippen molar-refractivity contribution in [3.63, 3.8) is 0 Å². The molecular formula is C16H29NaO4. The summed E-state index contributed by atoms with van der Waals surface area (Å²) < 4.78 is 4.88. The predicted octanol–water partition coefficient (Wildman–Crippen LogP) is 1.21. The molecule has 0 saturated carbocycles. The molecule has 0 aliphatic carbocycles. The summed E-state index contributed by atoms with van der Waals surface area (Å²) >= 11 is 0. The van der Waals surface area contributed by atoms with Crippen LogP contribution in [0, 0.1) is 0 Å². The maximum absolute atomic E-state index is 11.0. The minimum atomic E-state index is -1.14. The topological polar surface area (TPSA) is 63.6 Å². The van der Waals surface area contributed by atoms with Crippen molar-refractivity contribution in [3.05, 3.63) is 12.2 Å². The average Bonchev–Trinajstić information content (AvgIpc) is 2.42. The van der Waals surface area contributed by atoms with Crippen LogP contribution in [0.2, 0.25) is 0 Å². The molecule has 0 unspecified atom stereocenters. The van der Waals surface area contributed by atoms with Crippen molar-refractivity contribution in [1.29, 1.82) is 0 Å². The Labute approximate surface area is 152 Å². The Balaban J connectivity index is -0.00000180. The van der Waals surface area contributed by atoms with Crippen LogP contribution in [0.15, 0.2) is 12.2 Å². The van der Waals surface area contributed by atoms with Gasteiger partial charge in [-0.05, 0) is 6.42 Å². The van der Waals surface area contributed by atoms with Crippen LogP contribution in [-0.2, 0) is 14.3 Å². The fourth-order valence-corrected chi connectivity index (χ4v) is 1.95. The standard InChI is InChI=1S/C16H28O4.Na.H/c1-2-3-4-5-6-7-8-9-10-11-14-20-16(19)13-12-15(17)18;;/h12-13H,2-11,14H2,1H3,(H,17,18);;/q;+1;-1/b13-12-;;. The van der Waals surface area contributed by atoms with Gasteiger partial charge in [0.25, 0.3) is 0 Å². The summed E-state index contributed by atoms with van der Waals surface area (Å²) in [6.07, 6.45) is 14.0. The average molecular weight is 308 g/mol. The number of carbonyl (C=O) groups excluding carboxylic acids is 1. The minimum absolute atomic E-state index is 0. The predicted molar refractivity (Wildman–Crippen MR) is 80.7 cm³/mol. The molecule has 4 nitrogen and oxygen atoms in total. The number of ether oxygens (including phenoxy) is 1. The van der Waals surface area contributed by atoms with Gasteiger partial charge in [-0.25, -0.2) is 9.59 Å². The number of hydrogen-bond acceptors (Lipinski definition) is 3. The van der Waals surface area contributed by atoms with E-state index in [2.05, 4.69) is 6.92 Å². The van der Waals surface area contributed by atoms with E-state index in [4.69, 9.17) is 9.84 Å². The molecule has 0 aliphatic heterocycles. The van der Waals surface area contributed by atoms with Gasteiger partial charge in [0.15, 0.2) is 0 Å². The van der Waals surface area contributed by atoms with Crippen LogP contribution in [0.25, 0.3) is 0 Å². The molecule has 0 bridgehead atoms. The third kappa shape index (κ3) is 19.7. The Morgan fingerprint density at radius 3 is 1.86 bits per heavy atom. The minimum Gasteiger partial charge on any atom is -1.00 e. The van der Waals surface area contributed by atoms with Crippen LogP contribution in [0.5, 0.6) is 0 Å². The van der Waals surface area contributed by atoms with Gasteiger partial charge in [-0.3, -0.25) is 0 Å². The van der Waals surface area contributed by atoms with E-state index < -0.39 is 11.9 Å². The SMILES string of the molecule is CCCCCCCCCCCCOC(=O)/C=C\C(=O)O.[H-].[Na+]. The Kier molecular flexibility index (Phi) is 19.4. The molecule has 0 fully saturated rings. The third-order valence-electron chi connectivity index (χ3n) is 3.10. The molecule has 0 radical (unpaired) electrons. The molecule has 0 aromatic carbocycles. The number of carboxylic acid groups (broad SMARTS) is 1. The maximum Gasteiger partial charge on any atom is 1.00 e. The van der Waals surface area contributed by atoms with E-state index in [1.54, 1.807) is 0 Å². The fraction of sp³-hybridized carbons (Fsp3) is 0.750. The molecule has 118 valence electrons. The van der Waals surface area contributed by atoms with Crippen molar-refractivity contribution in [2.24, 2.45) is 0 Å². The monoisotopic (exact) mass is 308 g/mol. The molecule has 21 heavy (non-hydrogen) atoms. The van der Waals surface area contributed by atoms with Crippen LogP contribution in [-0.4, -0.2) is 23.7 Å². The van der Waals surface area contributed by atoms with Crippen LogP contribution in [0.1, 0.15) is 72.6 Å². The fourth-order valence-electron chi connectivity index (χ4n) is 1.95. The molecule has 0 aromatic heterocycles. The first-order chi connectivity index (χ1) is 9.66. The van der Waals surface area contributed by atoms with Crippen LogP contribution in [0.4, 0.5) is 0 Å². The molecule has 5 heteroatoms. The van der Waals surface area contributed by atoms with Crippen molar-refractivity contribution >= 4 is 11.9 Å². The van der Waals surface area contributed by atoms with Gasteiger partial charge in [-0.1, -0.05) is 64.7 Å². The van der Waals surface area contributed by atoms with Crippen LogP contribution < -0.4 is 29.6 Å². The second-order valence-corrected chi connectivity index (χ2v) is 5.02. The van der Waals surface area contributed by atoms with E-state index in [-0.39, 0.29) is 31.0 Å². The summed E-state index contributed by atoms with van der Waals surface area (Å²) in [5, 5.41) is 8.33. The van der Waals surface area contributed by atoms with E-state index in [1.807, 2.05) is 0 Å². The maximum atomic E-state index is 11.0. The van der Waals surface area contributed by atoms with Gasteiger partial charge in [0, 0.05) is 12.2 Å². The first kappa shape index (κ1) is 23.0. The molecule has 0 saturated heterocycles. The summed E-state index contributed by atoms with van der Waals surface area (Å²) in [6.45, 7) is 2.60. The van der Waals surface area contributed by atoms with E-state index in [0.717, 1.165) is 25.0 Å². The zero-order chi connectivity index (χ0) is 15.1. The van der Waals surface area contributed by atoms with Crippen molar-refractivity contribution in [2.45, 2.75) is 71.1 Å². The largest absolute Gasteiger partial charge is 1.00 e. The summed E-state index contributed by atoms with van der Waals surface area (Å²) in [5.74, 6) is -1.72. The number of unbranched alkanes of at least 4 members (excludes halogenated alkanes) is 9. The van der Waals surface area contributed by atoms with Crippen LogP contribution >= 0.6 is 0 Å². The Morgan fingerprint density at radius 2 is 1.38 bits per heavy atom. The number of aliphatic carboxylic acids is 1. The normalized spacial score (nSPS) is 10.3. The molecule has 0 amide bonds. The van der Waals surface area contributed by atoms with Crippen molar-refractivity contribution < 1.29 is 50.4 Å². The van der Waals surface area contributed by atoms with E-state index in [0.29, 0.717) is 6.61 Å². The second-order valence-electron chi connectivity index (χ2n) is 5.02. The Bertz CT molecular complexity index is 296. The summed E-state index contributed by atoms with van der Waals surface area (Å²) in [6, 6.07) is 0. The molecule has 0 spiro atoms.